The highest BCUT2D eigenvalue weighted by Gasteiger charge is 2.56. The SMILES string of the molecule is CC1CN(C(=O)C2CCN(c3ccc(C4CCC(=O)NC4=O)cn3)CC2)CCC1C(=O)N1CCC2(CC1)C(=O)N([C@H]1C[C@@H](N3CCCCC3)C1)c1cc(-c3cc4ncn(C(C)C)c4c(NC4CC4)n3)ccc12. The van der Waals surface area contributed by atoms with Gasteiger partial charge < -0.3 is 34.4 Å². The van der Waals surface area contributed by atoms with Crippen molar-refractivity contribution < 1.29 is 24.0 Å². The molecule has 7 fully saturated rings. The van der Waals surface area contributed by atoms with Gasteiger partial charge in [-0.15, -0.1) is 0 Å². The summed E-state index contributed by atoms with van der Waals surface area (Å²) < 4.78 is 2.20. The molecule has 2 aliphatic carbocycles. The maximum absolute atomic E-state index is 15.3. The topological polar surface area (TPSA) is 169 Å². The number of fused-ring (bicyclic) bond motifs is 3. The maximum atomic E-state index is 15.3. The number of anilines is 3. The molecule has 16 nitrogen and oxygen atoms in total. The van der Waals surface area contributed by atoms with E-state index in [1.165, 1.54) is 19.3 Å². The van der Waals surface area contributed by atoms with Crippen molar-refractivity contribution in [3.8, 4) is 11.3 Å². The Morgan fingerprint density at radius 1 is 0.806 bits per heavy atom. The lowest BCUT2D eigenvalue weighted by Gasteiger charge is -2.48. The smallest absolute Gasteiger partial charge is 0.238 e. The molecule has 5 saturated heterocycles. The second-order valence-electron chi connectivity index (χ2n) is 22.9. The van der Waals surface area contributed by atoms with Crippen LogP contribution >= 0.6 is 0 Å². The number of nitrogens with zero attached hydrogens (tertiary/aromatic N) is 9. The van der Waals surface area contributed by atoms with Gasteiger partial charge in [-0.05, 0) is 139 Å². The Balaban J connectivity index is 0.704. The van der Waals surface area contributed by atoms with E-state index in [2.05, 4.69) is 79.9 Å². The van der Waals surface area contributed by atoms with Crippen molar-refractivity contribution in [3.05, 3.63) is 60.0 Å². The number of hydrogen-bond acceptors (Lipinski definition) is 11. The lowest BCUT2D eigenvalue weighted by Crippen LogP contribution is -2.59. The van der Waals surface area contributed by atoms with Crippen LogP contribution in [-0.4, -0.2) is 134 Å². The Labute approximate surface area is 422 Å². The number of likely N-dealkylation sites (tertiary alicyclic amines) is 3. The summed E-state index contributed by atoms with van der Waals surface area (Å²) in [5.74, 6) is 1.17. The first-order chi connectivity index (χ1) is 34.9. The molecule has 9 heterocycles. The average molecular weight is 978 g/mol. The van der Waals surface area contributed by atoms with Crippen LogP contribution in [0.25, 0.3) is 22.3 Å². The Kier molecular flexibility index (Phi) is 12.3. The summed E-state index contributed by atoms with van der Waals surface area (Å²) in [7, 11) is 0. The zero-order chi connectivity index (χ0) is 49.4. The third-order valence-electron chi connectivity index (χ3n) is 18.1. The lowest BCUT2D eigenvalue weighted by molar-refractivity contribution is -0.147. The quantitative estimate of drug-likeness (QED) is 0.161. The molecular weight excluding hydrogens is 907 g/mol. The summed E-state index contributed by atoms with van der Waals surface area (Å²) in [6.45, 7) is 12.4. The Morgan fingerprint density at radius 3 is 2.28 bits per heavy atom. The predicted octanol–water partition coefficient (Wildman–Crippen LogP) is 6.79. The minimum absolute atomic E-state index is 0.0272. The number of nitrogens with one attached hydrogen (secondary N) is 2. The van der Waals surface area contributed by atoms with Crippen molar-refractivity contribution in [1.82, 2.24) is 39.5 Å². The summed E-state index contributed by atoms with van der Waals surface area (Å²) in [6.07, 6.45) is 15.8. The zero-order valence-corrected chi connectivity index (χ0v) is 42.4. The van der Waals surface area contributed by atoms with Crippen molar-refractivity contribution >= 4 is 57.9 Å². The zero-order valence-electron chi connectivity index (χ0n) is 42.4. The van der Waals surface area contributed by atoms with E-state index in [1.807, 2.05) is 28.3 Å². The Hall–Kier alpha value is -5.90. The number of pyridine rings is 2. The van der Waals surface area contributed by atoms with Crippen LogP contribution in [0.2, 0.25) is 0 Å². The van der Waals surface area contributed by atoms with Crippen LogP contribution in [0.15, 0.2) is 48.9 Å². The van der Waals surface area contributed by atoms with Crippen LogP contribution in [0.5, 0.6) is 0 Å². The summed E-state index contributed by atoms with van der Waals surface area (Å²) in [5, 5.41) is 6.14. The molecule has 4 aromatic rings. The van der Waals surface area contributed by atoms with E-state index in [0.717, 1.165) is 102 Å². The van der Waals surface area contributed by atoms with Gasteiger partial charge in [0.2, 0.25) is 29.5 Å². The maximum Gasteiger partial charge on any atom is 0.238 e. The second-order valence-corrected chi connectivity index (χ2v) is 22.9. The fourth-order valence-corrected chi connectivity index (χ4v) is 13.5. The van der Waals surface area contributed by atoms with Crippen molar-refractivity contribution in [3.63, 3.8) is 0 Å². The van der Waals surface area contributed by atoms with Gasteiger partial charge >= 0.3 is 0 Å². The van der Waals surface area contributed by atoms with E-state index < -0.39 is 5.41 Å². The van der Waals surface area contributed by atoms with Crippen molar-refractivity contribution in [2.75, 3.05) is 67.5 Å². The number of benzene rings is 1. The lowest BCUT2D eigenvalue weighted by atomic mass is 9.73. The molecule has 0 bridgehead atoms. The van der Waals surface area contributed by atoms with Crippen LogP contribution in [0.4, 0.5) is 17.3 Å². The summed E-state index contributed by atoms with van der Waals surface area (Å²) in [5.41, 5.74) is 6.03. The molecule has 3 atom stereocenters. The normalized spacial score (nSPS) is 27.1. The van der Waals surface area contributed by atoms with Crippen LogP contribution in [0.1, 0.15) is 134 Å². The molecule has 380 valence electrons. The van der Waals surface area contributed by atoms with Gasteiger partial charge in [-0.2, -0.15) is 0 Å². The van der Waals surface area contributed by atoms with Crippen molar-refractivity contribution in [2.45, 2.75) is 146 Å². The van der Waals surface area contributed by atoms with E-state index in [0.29, 0.717) is 83.5 Å². The molecule has 1 aromatic carbocycles. The average Bonchev–Trinajstić information content (AvgIpc) is 4.05. The number of imidazole rings is 1. The highest BCUT2D eigenvalue weighted by atomic mass is 16.2. The first kappa shape index (κ1) is 47.1. The van der Waals surface area contributed by atoms with Gasteiger partial charge in [-0.25, -0.2) is 15.0 Å². The fourth-order valence-electron chi connectivity index (χ4n) is 13.5. The van der Waals surface area contributed by atoms with Gasteiger partial charge in [-0.3, -0.25) is 29.3 Å². The molecule has 16 heteroatoms. The van der Waals surface area contributed by atoms with E-state index >= 15 is 4.79 Å². The monoisotopic (exact) mass is 978 g/mol. The van der Waals surface area contributed by atoms with Gasteiger partial charge in [0.05, 0.1) is 28.9 Å². The number of piperidine rings is 5. The molecule has 0 radical (unpaired) electrons. The van der Waals surface area contributed by atoms with Crippen molar-refractivity contribution in [1.29, 1.82) is 0 Å². The minimum atomic E-state index is -0.681. The van der Waals surface area contributed by atoms with Crippen LogP contribution < -0.4 is 20.4 Å². The molecule has 12 rings (SSSR count). The number of carbonyl (C=O) groups is 5. The van der Waals surface area contributed by atoms with Crippen LogP contribution in [0, 0.1) is 17.8 Å². The molecule has 3 unspecified atom stereocenters. The van der Waals surface area contributed by atoms with Crippen LogP contribution in [0.3, 0.4) is 0 Å². The van der Waals surface area contributed by atoms with E-state index in [-0.39, 0.29) is 65.3 Å². The van der Waals surface area contributed by atoms with E-state index in [4.69, 9.17) is 9.97 Å². The second kappa shape index (κ2) is 18.9. The molecule has 8 aliphatic rings. The van der Waals surface area contributed by atoms with E-state index in [9.17, 15) is 19.2 Å². The summed E-state index contributed by atoms with van der Waals surface area (Å²) in [6, 6.07) is 13.9. The molecule has 72 heavy (non-hydrogen) atoms. The molecule has 2 saturated carbocycles. The fraction of sp³-hybridized carbons (Fsp3) is 0.607. The molecule has 3 aromatic heterocycles. The minimum Gasteiger partial charge on any atom is -0.366 e. The Bertz CT molecular complexity index is 2760. The predicted molar refractivity (Wildman–Crippen MR) is 275 cm³/mol. The third kappa shape index (κ3) is 8.52. The molecule has 1 spiro atoms. The van der Waals surface area contributed by atoms with Crippen LogP contribution in [-0.2, 0) is 29.4 Å². The third-order valence-corrected chi connectivity index (χ3v) is 18.1. The first-order valence-corrected chi connectivity index (χ1v) is 27.4. The number of imide groups is 1. The van der Waals surface area contributed by atoms with Gasteiger partial charge in [0.15, 0.2) is 5.82 Å². The molecular formula is C56H71N11O5. The van der Waals surface area contributed by atoms with Crippen molar-refractivity contribution in [2.24, 2.45) is 17.8 Å². The highest BCUT2D eigenvalue weighted by molar-refractivity contribution is 6.09. The molecule has 2 N–H and O–H groups in total. The number of amides is 5. The summed E-state index contributed by atoms with van der Waals surface area (Å²) >= 11 is 0. The first-order valence-electron chi connectivity index (χ1n) is 27.4. The molecule has 5 amide bonds. The standard InChI is InChI=1S/C56H71N11O5/c1-34(2)66-33-58-46-30-45(60-51(50(46)66)59-39-9-10-39)37-7-12-44-47(27-37)67(41-28-40(29-41)62-20-5-4-6-21-62)55(72)56(44)18-25-64(26-19-56)54(71)42-17-24-65(32-35(42)3)53(70)36-15-22-63(23-16-36)48-13-8-38(31-57-48)43-11-14-49(68)61-52(43)69/h7-8,12-13,27,30-31,33-36,39-43H,4-6,9-11,14-26,28-29,32H2,1-3H3,(H,59,60)(H,61,68,69)/t35?,40-,41+,42?,43?. The summed E-state index contributed by atoms with van der Waals surface area (Å²) in [4.78, 5) is 93.6. The largest absolute Gasteiger partial charge is 0.366 e. The van der Waals surface area contributed by atoms with Gasteiger partial charge in [0, 0.05) is 99.1 Å². The van der Waals surface area contributed by atoms with Gasteiger partial charge in [0.1, 0.15) is 11.3 Å². The van der Waals surface area contributed by atoms with E-state index in [1.54, 1.807) is 6.20 Å². The number of carbonyl (C=O) groups excluding carboxylic acids is 5. The number of rotatable bonds is 10. The highest BCUT2D eigenvalue weighted by Crippen LogP contribution is 2.52. The Morgan fingerprint density at radius 2 is 1.58 bits per heavy atom. The van der Waals surface area contributed by atoms with Gasteiger partial charge in [0.25, 0.3) is 0 Å². The molecule has 6 aliphatic heterocycles. The van der Waals surface area contributed by atoms with Gasteiger partial charge in [-0.1, -0.05) is 31.5 Å². The number of hydrogen-bond donors (Lipinski definition) is 2. The number of aromatic nitrogens is 4.